The average molecular weight is 311 g/mol. The number of benzene rings is 1. The number of rotatable bonds is 7. The van der Waals surface area contributed by atoms with Gasteiger partial charge in [0.2, 0.25) is 10.0 Å². The molecule has 0 bridgehead atoms. The Hall–Kier alpha value is -1.23. The van der Waals surface area contributed by atoms with Crippen molar-refractivity contribution in [1.82, 2.24) is 0 Å². The number of anilines is 1. The van der Waals surface area contributed by atoms with Crippen molar-refractivity contribution in [2.45, 2.75) is 52.1 Å². The summed E-state index contributed by atoms with van der Waals surface area (Å²) in [6, 6.07) is 7.23. The summed E-state index contributed by atoms with van der Waals surface area (Å²) in [6.45, 7) is 4.04. The van der Waals surface area contributed by atoms with E-state index in [1.807, 2.05) is 26.0 Å². The number of nitrogens with one attached hydrogen (secondary N) is 1. The topological polar surface area (TPSA) is 55.4 Å². The smallest absolute Gasteiger partial charge is 0.232 e. The molecule has 1 aromatic rings. The maximum atomic E-state index is 12.0. The van der Waals surface area contributed by atoms with Gasteiger partial charge in [0.1, 0.15) is 5.75 Å². The van der Waals surface area contributed by atoms with Crippen molar-refractivity contribution in [3.05, 3.63) is 24.3 Å². The van der Waals surface area contributed by atoms with Crippen molar-refractivity contribution in [1.29, 1.82) is 0 Å². The fourth-order valence-corrected chi connectivity index (χ4v) is 3.82. The number of sulfonamides is 1. The Balaban J connectivity index is 1.96. The van der Waals surface area contributed by atoms with Crippen molar-refractivity contribution < 1.29 is 13.2 Å². The molecule has 0 unspecified atom stereocenters. The first-order chi connectivity index (χ1) is 9.94. The van der Waals surface area contributed by atoms with Gasteiger partial charge >= 0.3 is 0 Å². The van der Waals surface area contributed by atoms with Gasteiger partial charge in [0.15, 0.2) is 0 Å². The zero-order valence-corrected chi connectivity index (χ0v) is 13.7. The summed E-state index contributed by atoms with van der Waals surface area (Å²) in [5.41, 5.74) is 0.578. The van der Waals surface area contributed by atoms with Crippen LogP contribution in [-0.2, 0) is 10.0 Å². The lowest BCUT2D eigenvalue weighted by molar-refractivity contribution is 0.210. The normalized spacial score (nSPS) is 16.3. The molecular formula is C16H25NO3S. The zero-order valence-electron chi connectivity index (χ0n) is 12.8. The molecular weight excluding hydrogens is 286 g/mol. The maximum Gasteiger partial charge on any atom is 0.232 e. The summed E-state index contributed by atoms with van der Waals surface area (Å²) >= 11 is 0. The van der Waals surface area contributed by atoms with Crippen LogP contribution >= 0.6 is 0 Å². The van der Waals surface area contributed by atoms with Crippen LogP contribution in [0.3, 0.4) is 0 Å². The monoisotopic (exact) mass is 311 g/mol. The highest BCUT2D eigenvalue weighted by Gasteiger charge is 2.17. The SMILES string of the molecule is CC(C)CCS(=O)(=O)Nc1cccc(OC2CCCC2)c1. The molecule has 0 atom stereocenters. The van der Waals surface area contributed by atoms with Crippen LogP contribution in [0.15, 0.2) is 24.3 Å². The lowest BCUT2D eigenvalue weighted by Crippen LogP contribution is -2.18. The quantitative estimate of drug-likeness (QED) is 0.833. The van der Waals surface area contributed by atoms with E-state index >= 15 is 0 Å². The highest BCUT2D eigenvalue weighted by molar-refractivity contribution is 7.92. The van der Waals surface area contributed by atoms with Gasteiger partial charge in [-0.1, -0.05) is 19.9 Å². The summed E-state index contributed by atoms with van der Waals surface area (Å²) in [4.78, 5) is 0. The Morgan fingerprint density at radius 3 is 2.67 bits per heavy atom. The molecule has 0 spiro atoms. The van der Waals surface area contributed by atoms with E-state index in [1.165, 1.54) is 12.8 Å². The van der Waals surface area contributed by atoms with Crippen LogP contribution in [0.1, 0.15) is 46.0 Å². The molecule has 5 heteroatoms. The van der Waals surface area contributed by atoms with E-state index in [-0.39, 0.29) is 11.9 Å². The predicted octanol–water partition coefficient (Wildman–Crippen LogP) is 3.80. The van der Waals surface area contributed by atoms with E-state index in [1.54, 1.807) is 12.1 Å². The number of hydrogen-bond acceptors (Lipinski definition) is 3. The Kier molecular flexibility index (Phi) is 5.51. The largest absolute Gasteiger partial charge is 0.490 e. The van der Waals surface area contributed by atoms with Gasteiger partial charge < -0.3 is 4.74 Å². The molecule has 118 valence electrons. The summed E-state index contributed by atoms with van der Waals surface area (Å²) in [6.07, 6.45) is 5.54. The van der Waals surface area contributed by atoms with Gasteiger partial charge in [-0.15, -0.1) is 0 Å². The predicted molar refractivity (Wildman–Crippen MR) is 86.2 cm³/mol. The van der Waals surface area contributed by atoms with Crippen LogP contribution in [0.4, 0.5) is 5.69 Å². The second-order valence-corrected chi connectivity index (χ2v) is 8.00. The average Bonchev–Trinajstić information content (AvgIpc) is 2.89. The summed E-state index contributed by atoms with van der Waals surface area (Å²) < 4.78 is 32.5. The maximum absolute atomic E-state index is 12.0. The third-order valence-corrected chi connectivity index (χ3v) is 5.00. The molecule has 0 aromatic heterocycles. The third-order valence-electron chi connectivity index (χ3n) is 3.68. The number of hydrogen-bond donors (Lipinski definition) is 1. The van der Waals surface area contributed by atoms with E-state index in [2.05, 4.69) is 4.72 Å². The molecule has 0 aliphatic heterocycles. The van der Waals surface area contributed by atoms with Crippen LogP contribution in [0.5, 0.6) is 5.75 Å². The first-order valence-corrected chi connectivity index (χ1v) is 9.37. The van der Waals surface area contributed by atoms with Crippen molar-refractivity contribution in [2.75, 3.05) is 10.5 Å². The fourth-order valence-electron chi connectivity index (χ4n) is 2.45. The molecule has 1 aliphatic carbocycles. The van der Waals surface area contributed by atoms with Gasteiger partial charge in [-0.05, 0) is 50.2 Å². The van der Waals surface area contributed by atoms with Crippen molar-refractivity contribution in [2.24, 2.45) is 5.92 Å². The highest BCUT2D eigenvalue weighted by Crippen LogP contribution is 2.26. The Morgan fingerprint density at radius 2 is 2.00 bits per heavy atom. The van der Waals surface area contributed by atoms with Crippen LogP contribution < -0.4 is 9.46 Å². The second kappa shape index (κ2) is 7.16. The van der Waals surface area contributed by atoms with Gasteiger partial charge in [-0.2, -0.15) is 0 Å². The van der Waals surface area contributed by atoms with E-state index in [0.29, 0.717) is 18.0 Å². The molecule has 4 nitrogen and oxygen atoms in total. The molecule has 1 fully saturated rings. The van der Waals surface area contributed by atoms with Crippen LogP contribution in [0.25, 0.3) is 0 Å². The molecule has 1 saturated carbocycles. The van der Waals surface area contributed by atoms with Crippen molar-refractivity contribution in [3.8, 4) is 5.75 Å². The van der Waals surface area contributed by atoms with E-state index in [4.69, 9.17) is 4.74 Å². The van der Waals surface area contributed by atoms with Gasteiger partial charge in [0, 0.05) is 6.07 Å². The summed E-state index contributed by atoms with van der Waals surface area (Å²) in [7, 11) is -3.28. The van der Waals surface area contributed by atoms with Crippen molar-refractivity contribution >= 4 is 15.7 Å². The summed E-state index contributed by atoms with van der Waals surface area (Å²) in [5.74, 6) is 1.27. The van der Waals surface area contributed by atoms with E-state index in [0.717, 1.165) is 18.6 Å². The highest BCUT2D eigenvalue weighted by atomic mass is 32.2. The second-order valence-electron chi connectivity index (χ2n) is 6.16. The van der Waals surface area contributed by atoms with Gasteiger partial charge in [0.25, 0.3) is 0 Å². The zero-order chi connectivity index (χ0) is 15.3. The molecule has 1 aromatic carbocycles. The van der Waals surface area contributed by atoms with Crippen LogP contribution in [0.2, 0.25) is 0 Å². The Labute approximate surface area is 127 Å². The standard InChI is InChI=1S/C16H25NO3S/c1-13(2)10-11-21(18,19)17-14-6-5-9-16(12-14)20-15-7-3-4-8-15/h5-6,9,12-13,15,17H,3-4,7-8,10-11H2,1-2H3. The minimum Gasteiger partial charge on any atom is -0.490 e. The molecule has 0 heterocycles. The van der Waals surface area contributed by atoms with Crippen LogP contribution in [0, 0.1) is 5.92 Å². The third kappa shape index (κ3) is 5.58. The van der Waals surface area contributed by atoms with Crippen LogP contribution in [-0.4, -0.2) is 20.3 Å². The van der Waals surface area contributed by atoms with Gasteiger partial charge in [-0.25, -0.2) is 8.42 Å². The molecule has 0 radical (unpaired) electrons. The summed E-state index contributed by atoms with van der Waals surface area (Å²) in [5, 5.41) is 0. The Bertz CT molecular complexity index is 548. The van der Waals surface area contributed by atoms with E-state index in [9.17, 15) is 8.42 Å². The first-order valence-electron chi connectivity index (χ1n) is 7.72. The fraction of sp³-hybridized carbons (Fsp3) is 0.625. The lowest BCUT2D eigenvalue weighted by Gasteiger charge is -2.14. The molecule has 0 amide bonds. The Morgan fingerprint density at radius 1 is 1.29 bits per heavy atom. The van der Waals surface area contributed by atoms with Crippen molar-refractivity contribution in [3.63, 3.8) is 0 Å². The number of ether oxygens (including phenoxy) is 1. The molecule has 2 rings (SSSR count). The molecule has 1 aliphatic rings. The minimum atomic E-state index is -3.28. The first kappa shape index (κ1) is 16.1. The lowest BCUT2D eigenvalue weighted by atomic mass is 10.2. The molecule has 1 N–H and O–H groups in total. The van der Waals surface area contributed by atoms with Gasteiger partial charge in [0.05, 0.1) is 17.5 Å². The minimum absolute atomic E-state index is 0.151. The van der Waals surface area contributed by atoms with Gasteiger partial charge in [-0.3, -0.25) is 4.72 Å². The molecule has 21 heavy (non-hydrogen) atoms. The van der Waals surface area contributed by atoms with E-state index < -0.39 is 10.0 Å². The molecule has 0 saturated heterocycles.